The molecule has 0 spiro atoms. The van der Waals surface area contributed by atoms with E-state index in [0.29, 0.717) is 0 Å². The average Bonchev–Trinajstić information content (AvgIpc) is 2.82. The molecule has 1 nitrogen and oxygen atoms in total. The molecule has 0 fully saturated rings. The van der Waals surface area contributed by atoms with Crippen LogP contribution in [0.4, 0.5) is 0 Å². The Balaban J connectivity index is 1.90. The molecule has 0 bridgehead atoms. The summed E-state index contributed by atoms with van der Waals surface area (Å²) in [5, 5.41) is 10.0. The quantitative estimate of drug-likeness (QED) is 0.431. The van der Waals surface area contributed by atoms with Crippen molar-refractivity contribution in [3.8, 4) is 0 Å². The molecule has 116 valence electrons. The van der Waals surface area contributed by atoms with Gasteiger partial charge in [-0.05, 0) is 34.5 Å². The Kier molecular flexibility index (Phi) is 10.7. The molecule has 0 amide bonds. The first-order valence-electron chi connectivity index (χ1n) is 8.14. The monoisotopic (exact) mass is 360 g/mol. The van der Waals surface area contributed by atoms with Gasteiger partial charge in [-0.3, -0.25) is 0 Å². The van der Waals surface area contributed by atoms with Gasteiger partial charge in [-0.2, -0.15) is 0 Å². The Bertz CT molecular complexity index is 337. The minimum Gasteiger partial charge on any atom is -0.393 e. The van der Waals surface area contributed by atoms with Crippen molar-refractivity contribution < 1.29 is 5.11 Å². The highest BCUT2D eigenvalue weighted by Gasteiger charge is 2.07. The lowest BCUT2D eigenvalue weighted by Crippen LogP contribution is -2.09. The SMILES string of the molecule is CCCCCCCCCCCC(O)Cc1ccc(Br)s1. The molecular weight excluding hydrogens is 332 g/mol. The Morgan fingerprint density at radius 3 is 2.15 bits per heavy atom. The van der Waals surface area contributed by atoms with Crippen molar-refractivity contribution in [3.63, 3.8) is 0 Å². The zero-order valence-electron chi connectivity index (χ0n) is 12.7. The van der Waals surface area contributed by atoms with Crippen molar-refractivity contribution in [1.82, 2.24) is 0 Å². The molecule has 1 atom stereocenters. The summed E-state index contributed by atoms with van der Waals surface area (Å²) >= 11 is 5.19. The minimum atomic E-state index is -0.162. The fourth-order valence-corrected chi connectivity index (χ4v) is 4.04. The summed E-state index contributed by atoms with van der Waals surface area (Å²) < 4.78 is 1.16. The van der Waals surface area contributed by atoms with Crippen molar-refractivity contribution in [2.75, 3.05) is 0 Å². The van der Waals surface area contributed by atoms with E-state index in [9.17, 15) is 5.11 Å². The third-order valence-electron chi connectivity index (χ3n) is 3.71. The van der Waals surface area contributed by atoms with E-state index in [0.717, 1.165) is 16.6 Å². The first kappa shape index (κ1) is 18.2. The summed E-state index contributed by atoms with van der Waals surface area (Å²) in [5.41, 5.74) is 0. The van der Waals surface area contributed by atoms with Crippen LogP contribution in [0.15, 0.2) is 15.9 Å². The lowest BCUT2D eigenvalue weighted by molar-refractivity contribution is 0.161. The largest absolute Gasteiger partial charge is 0.393 e. The number of thiophene rings is 1. The smallest absolute Gasteiger partial charge is 0.0701 e. The Hall–Kier alpha value is 0.140. The average molecular weight is 361 g/mol. The van der Waals surface area contributed by atoms with Crippen molar-refractivity contribution in [2.24, 2.45) is 0 Å². The van der Waals surface area contributed by atoms with Gasteiger partial charge < -0.3 is 5.11 Å². The third-order valence-corrected chi connectivity index (χ3v) is 5.35. The van der Waals surface area contributed by atoms with Gasteiger partial charge in [0, 0.05) is 11.3 Å². The van der Waals surface area contributed by atoms with Gasteiger partial charge in [0.25, 0.3) is 0 Å². The molecule has 1 rings (SSSR count). The first-order chi connectivity index (χ1) is 9.72. The van der Waals surface area contributed by atoms with Crippen LogP contribution in [-0.2, 0) is 6.42 Å². The van der Waals surface area contributed by atoms with Crippen LogP contribution in [-0.4, -0.2) is 11.2 Å². The van der Waals surface area contributed by atoms with E-state index in [2.05, 4.69) is 35.0 Å². The highest BCUT2D eigenvalue weighted by Crippen LogP contribution is 2.24. The Morgan fingerprint density at radius 1 is 1.00 bits per heavy atom. The maximum absolute atomic E-state index is 10.0. The Morgan fingerprint density at radius 2 is 1.60 bits per heavy atom. The second-order valence-corrected chi connectivity index (χ2v) is 8.23. The number of unbranched alkanes of at least 4 members (excludes halogenated alkanes) is 8. The normalized spacial score (nSPS) is 12.8. The third kappa shape index (κ3) is 9.15. The lowest BCUT2D eigenvalue weighted by atomic mass is 10.0. The molecule has 0 saturated carbocycles. The maximum atomic E-state index is 10.0. The summed E-state index contributed by atoms with van der Waals surface area (Å²) in [6, 6.07) is 4.17. The first-order valence-corrected chi connectivity index (χ1v) is 9.75. The standard InChI is InChI=1S/C17H29BrOS/c1-2-3-4-5-6-7-8-9-10-11-15(19)14-16-12-13-17(18)20-16/h12-13,15,19H,2-11,14H2,1H3. The van der Waals surface area contributed by atoms with E-state index < -0.39 is 0 Å². The topological polar surface area (TPSA) is 20.2 Å². The van der Waals surface area contributed by atoms with Crippen LogP contribution in [0.5, 0.6) is 0 Å². The molecule has 0 aromatic carbocycles. The van der Waals surface area contributed by atoms with E-state index in [1.165, 1.54) is 62.7 Å². The van der Waals surface area contributed by atoms with Crippen LogP contribution >= 0.6 is 27.3 Å². The van der Waals surface area contributed by atoms with Crippen molar-refractivity contribution in [3.05, 3.63) is 20.8 Å². The second-order valence-electron chi connectivity index (χ2n) is 5.68. The zero-order chi connectivity index (χ0) is 14.6. The van der Waals surface area contributed by atoms with Gasteiger partial charge in [-0.15, -0.1) is 11.3 Å². The van der Waals surface area contributed by atoms with Crippen molar-refractivity contribution >= 4 is 27.3 Å². The summed E-state index contributed by atoms with van der Waals surface area (Å²) in [4.78, 5) is 1.28. The molecule has 0 aliphatic rings. The molecule has 20 heavy (non-hydrogen) atoms. The summed E-state index contributed by atoms with van der Waals surface area (Å²) in [7, 11) is 0. The zero-order valence-corrected chi connectivity index (χ0v) is 15.1. The van der Waals surface area contributed by atoms with Gasteiger partial charge in [-0.25, -0.2) is 0 Å². The van der Waals surface area contributed by atoms with Gasteiger partial charge in [0.1, 0.15) is 0 Å². The van der Waals surface area contributed by atoms with Gasteiger partial charge in [0.05, 0.1) is 9.89 Å². The Labute approximate surface area is 136 Å². The van der Waals surface area contributed by atoms with E-state index >= 15 is 0 Å². The molecule has 0 saturated heterocycles. The van der Waals surface area contributed by atoms with Crippen molar-refractivity contribution in [1.29, 1.82) is 0 Å². The van der Waals surface area contributed by atoms with Crippen LogP contribution in [0.3, 0.4) is 0 Å². The molecule has 0 radical (unpaired) electrons. The molecule has 1 N–H and O–H groups in total. The number of rotatable bonds is 12. The summed E-state index contributed by atoms with van der Waals surface area (Å²) in [6.45, 7) is 2.26. The second kappa shape index (κ2) is 11.8. The molecule has 1 unspecified atom stereocenters. The summed E-state index contributed by atoms with van der Waals surface area (Å²) in [5.74, 6) is 0. The fourth-order valence-electron chi connectivity index (χ4n) is 2.49. The van der Waals surface area contributed by atoms with E-state index in [-0.39, 0.29) is 6.10 Å². The van der Waals surface area contributed by atoms with Crippen LogP contribution in [0.1, 0.15) is 76.0 Å². The number of halogens is 1. The van der Waals surface area contributed by atoms with Gasteiger partial charge >= 0.3 is 0 Å². The predicted octanol–water partition coefficient (Wildman–Crippen LogP) is 6.33. The number of aliphatic hydroxyl groups is 1. The van der Waals surface area contributed by atoms with E-state index in [1.54, 1.807) is 11.3 Å². The highest BCUT2D eigenvalue weighted by molar-refractivity contribution is 9.11. The molecule has 1 heterocycles. The summed E-state index contributed by atoms with van der Waals surface area (Å²) in [6.07, 6.45) is 13.7. The van der Waals surface area contributed by atoms with Crippen LogP contribution in [0, 0.1) is 0 Å². The van der Waals surface area contributed by atoms with Crippen LogP contribution in [0.2, 0.25) is 0 Å². The van der Waals surface area contributed by atoms with E-state index in [1.807, 2.05) is 0 Å². The molecule has 0 aliphatic carbocycles. The fraction of sp³-hybridized carbons (Fsp3) is 0.765. The van der Waals surface area contributed by atoms with Crippen molar-refractivity contribution in [2.45, 2.75) is 83.7 Å². The highest BCUT2D eigenvalue weighted by atomic mass is 79.9. The van der Waals surface area contributed by atoms with E-state index in [4.69, 9.17) is 0 Å². The molecule has 3 heteroatoms. The van der Waals surface area contributed by atoms with Gasteiger partial charge in [0.2, 0.25) is 0 Å². The molecule has 1 aromatic rings. The maximum Gasteiger partial charge on any atom is 0.0701 e. The molecule has 1 aromatic heterocycles. The lowest BCUT2D eigenvalue weighted by Gasteiger charge is -2.09. The minimum absolute atomic E-state index is 0.162. The molecular formula is C17H29BrOS. The van der Waals surface area contributed by atoms with Crippen LogP contribution in [0.25, 0.3) is 0 Å². The predicted molar refractivity (Wildman–Crippen MR) is 93.6 cm³/mol. The number of aliphatic hydroxyl groups excluding tert-OH is 1. The number of hydrogen-bond acceptors (Lipinski definition) is 2. The van der Waals surface area contributed by atoms with Gasteiger partial charge in [-0.1, -0.05) is 64.7 Å². The van der Waals surface area contributed by atoms with Gasteiger partial charge in [0.15, 0.2) is 0 Å². The number of hydrogen-bond donors (Lipinski definition) is 1. The van der Waals surface area contributed by atoms with Crippen LogP contribution < -0.4 is 0 Å². The molecule has 0 aliphatic heterocycles.